The average molecular weight is 275 g/mol. The summed E-state index contributed by atoms with van der Waals surface area (Å²) in [6.07, 6.45) is 2.96. The number of aryl methyl sites for hydroxylation is 2. The molecule has 0 spiro atoms. The number of nitrogens with one attached hydrogen (secondary N) is 1. The van der Waals surface area contributed by atoms with Gasteiger partial charge in [-0.05, 0) is 44.7 Å². The molecule has 4 nitrogen and oxygen atoms in total. The fraction of sp³-hybridized carbons (Fsp3) is 0.500. The van der Waals surface area contributed by atoms with Crippen LogP contribution in [0.3, 0.4) is 0 Å². The molecule has 108 valence electrons. The average Bonchev–Trinajstić information content (AvgIpc) is 2.38. The van der Waals surface area contributed by atoms with E-state index in [2.05, 4.69) is 5.32 Å². The number of amides is 1. The van der Waals surface area contributed by atoms with Crippen molar-refractivity contribution in [2.75, 3.05) is 0 Å². The highest BCUT2D eigenvalue weighted by atomic mass is 16.4. The van der Waals surface area contributed by atoms with Crippen molar-refractivity contribution in [3.63, 3.8) is 0 Å². The molecule has 1 aliphatic carbocycles. The molecular weight excluding hydrogens is 254 g/mol. The molecule has 2 unspecified atom stereocenters. The van der Waals surface area contributed by atoms with Crippen molar-refractivity contribution in [1.29, 1.82) is 0 Å². The molecule has 2 rings (SSSR count). The molecule has 0 radical (unpaired) electrons. The van der Waals surface area contributed by atoms with Gasteiger partial charge in [-0.25, -0.2) is 0 Å². The third-order valence-electron chi connectivity index (χ3n) is 3.99. The molecular formula is C16H21NO3. The summed E-state index contributed by atoms with van der Waals surface area (Å²) in [6, 6.07) is 5.70. The lowest BCUT2D eigenvalue weighted by Crippen LogP contribution is -2.40. The van der Waals surface area contributed by atoms with E-state index in [-0.39, 0.29) is 17.9 Å². The van der Waals surface area contributed by atoms with E-state index in [0.717, 1.165) is 24.0 Å². The van der Waals surface area contributed by atoms with Crippen LogP contribution in [-0.4, -0.2) is 23.0 Å². The van der Waals surface area contributed by atoms with Gasteiger partial charge in [0.05, 0.1) is 5.92 Å². The standard InChI is InChI=1S/C16H21NO3/c1-10-6-7-14(11(2)8-10)15(18)17-13-5-3-4-12(9-13)16(19)20/h6-8,12-13H,3-5,9H2,1-2H3,(H,17,18)(H,19,20). The Morgan fingerprint density at radius 2 is 2.00 bits per heavy atom. The van der Waals surface area contributed by atoms with Gasteiger partial charge in [-0.2, -0.15) is 0 Å². The van der Waals surface area contributed by atoms with Crippen LogP contribution in [0.2, 0.25) is 0 Å². The summed E-state index contributed by atoms with van der Waals surface area (Å²) in [5.41, 5.74) is 2.75. The van der Waals surface area contributed by atoms with E-state index in [1.54, 1.807) is 0 Å². The van der Waals surface area contributed by atoms with E-state index in [4.69, 9.17) is 5.11 Å². The molecule has 0 bridgehead atoms. The van der Waals surface area contributed by atoms with Gasteiger partial charge in [0.25, 0.3) is 5.91 Å². The Morgan fingerprint density at radius 3 is 2.65 bits per heavy atom. The minimum atomic E-state index is -0.754. The lowest BCUT2D eigenvalue weighted by atomic mass is 9.85. The van der Waals surface area contributed by atoms with E-state index in [0.29, 0.717) is 18.4 Å². The third kappa shape index (κ3) is 3.38. The first-order valence-corrected chi connectivity index (χ1v) is 7.08. The van der Waals surface area contributed by atoms with Crippen LogP contribution in [0.5, 0.6) is 0 Å². The monoisotopic (exact) mass is 275 g/mol. The number of aliphatic carboxylic acids is 1. The van der Waals surface area contributed by atoms with Gasteiger partial charge in [0.15, 0.2) is 0 Å². The van der Waals surface area contributed by atoms with Gasteiger partial charge in [0.1, 0.15) is 0 Å². The van der Waals surface area contributed by atoms with Crippen molar-refractivity contribution in [2.45, 2.75) is 45.6 Å². The normalized spacial score (nSPS) is 22.3. The Morgan fingerprint density at radius 1 is 1.25 bits per heavy atom. The molecule has 1 amide bonds. The number of carboxylic acids is 1. The van der Waals surface area contributed by atoms with Crippen LogP contribution >= 0.6 is 0 Å². The van der Waals surface area contributed by atoms with E-state index >= 15 is 0 Å². The molecule has 0 heterocycles. The number of carbonyl (C=O) groups excluding carboxylic acids is 1. The summed E-state index contributed by atoms with van der Waals surface area (Å²) in [5, 5.41) is 12.0. The Bertz CT molecular complexity index is 524. The maximum atomic E-state index is 12.3. The molecule has 2 N–H and O–H groups in total. The second-order valence-electron chi connectivity index (χ2n) is 5.69. The van der Waals surface area contributed by atoms with Gasteiger partial charge in [-0.15, -0.1) is 0 Å². The molecule has 1 aromatic rings. The summed E-state index contributed by atoms with van der Waals surface area (Å²) in [5.74, 6) is -1.18. The maximum Gasteiger partial charge on any atom is 0.306 e. The van der Waals surface area contributed by atoms with Gasteiger partial charge < -0.3 is 10.4 Å². The Hall–Kier alpha value is -1.84. The van der Waals surface area contributed by atoms with E-state index in [1.165, 1.54) is 0 Å². The zero-order valence-corrected chi connectivity index (χ0v) is 12.0. The molecule has 1 fully saturated rings. The van der Waals surface area contributed by atoms with Crippen LogP contribution in [0, 0.1) is 19.8 Å². The first kappa shape index (κ1) is 14.6. The van der Waals surface area contributed by atoms with Crippen LogP contribution in [0.15, 0.2) is 18.2 Å². The largest absolute Gasteiger partial charge is 0.481 e. The summed E-state index contributed by atoms with van der Waals surface area (Å²) < 4.78 is 0. The number of carbonyl (C=O) groups is 2. The molecule has 1 aromatic carbocycles. The zero-order valence-electron chi connectivity index (χ0n) is 12.0. The smallest absolute Gasteiger partial charge is 0.306 e. The predicted molar refractivity (Wildman–Crippen MR) is 76.8 cm³/mol. The Kier molecular flexibility index (Phi) is 4.42. The van der Waals surface area contributed by atoms with Crippen molar-refractivity contribution in [1.82, 2.24) is 5.32 Å². The highest BCUT2D eigenvalue weighted by Gasteiger charge is 2.28. The van der Waals surface area contributed by atoms with Crippen LogP contribution < -0.4 is 5.32 Å². The van der Waals surface area contributed by atoms with Gasteiger partial charge in [-0.1, -0.05) is 24.1 Å². The fourth-order valence-corrected chi connectivity index (χ4v) is 2.88. The molecule has 2 atom stereocenters. The highest BCUT2D eigenvalue weighted by Crippen LogP contribution is 2.25. The van der Waals surface area contributed by atoms with Crippen molar-refractivity contribution < 1.29 is 14.7 Å². The second kappa shape index (κ2) is 6.07. The van der Waals surface area contributed by atoms with Gasteiger partial charge in [0, 0.05) is 11.6 Å². The molecule has 4 heteroatoms. The Balaban J connectivity index is 2.02. The molecule has 1 saturated carbocycles. The first-order valence-electron chi connectivity index (χ1n) is 7.08. The van der Waals surface area contributed by atoms with Crippen LogP contribution in [-0.2, 0) is 4.79 Å². The number of rotatable bonds is 3. The minimum absolute atomic E-state index is 0.0296. The van der Waals surface area contributed by atoms with Gasteiger partial charge in [0.2, 0.25) is 0 Å². The number of hydrogen-bond acceptors (Lipinski definition) is 2. The third-order valence-corrected chi connectivity index (χ3v) is 3.99. The summed E-state index contributed by atoms with van der Waals surface area (Å²) in [6.45, 7) is 3.91. The molecule has 0 aromatic heterocycles. The van der Waals surface area contributed by atoms with Crippen molar-refractivity contribution >= 4 is 11.9 Å². The molecule has 0 saturated heterocycles. The number of carboxylic acid groups (broad SMARTS) is 1. The SMILES string of the molecule is Cc1ccc(C(=O)NC2CCCC(C(=O)O)C2)c(C)c1. The summed E-state index contributed by atoms with van der Waals surface area (Å²) in [4.78, 5) is 23.3. The van der Waals surface area contributed by atoms with E-state index < -0.39 is 5.97 Å². The van der Waals surface area contributed by atoms with Crippen LogP contribution in [0.25, 0.3) is 0 Å². The van der Waals surface area contributed by atoms with E-state index in [1.807, 2.05) is 32.0 Å². The first-order chi connectivity index (χ1) is 9.47. The van der Waals surface area contributed by atoms with Gasteiger partial charge >= 0.3 is 5.97 Å². The number of hydrogen-bond donors (Lipinski definition) is 2. The molecule has 1 aliphatic rings. The van der Waals surface area contributed by atoms with Crippen LogP contribution in [0.1, 0.15) is 47.2 Å². The topological polar surface area (TPSA) is 66.4 Å². The maximum absolute atomic E-state index is 12.3. The van der Waals surface area contributed by atoms with E-state index in [9.17, 15) is 9.59 Å². The van der Waals surface area contributed by atoms with Crippen molar-refractivity contribution in [3.05, 3.63) is 34.9 Å². The van der Waals surface area contributed by atoms with Crippen molar-refractivity contribution in [3.8, 4) is 0 Å². The van der Waals surface area contributed by atoms with Crippen LogP contribution in [0.4, 0.5) is 0 Å². The van der Waals surface area contributed by atoms with Gasteiger partial charge in [-0.3, -0.25) is 9.59 Å². The predicted octanol–water partition coefficient (Wildman–Crippen LogP) is 2.68. The lowest BCUT2D eigenvalue weighted by Gasteiger charge is -2.27. The quantitative estimate of drug-likeness (QED) is 0.891. The highest BCUT2D eigenvalue weighted by molar-refractivity contribution is 5.95. The summed E-state index contributed by atoms with van der Waals surface area (Å²) in [7, 11) is 0. The fourth-order valence-electron chi connectivity index (χ4n) is 2.88. The van der Waals surface area contributed by atoms with Crippen molar-refractivity contribution in [2.24, 2.45) is 5.92 Å². The second-order valence-corrected chi connectivity index (χ2v) is 5.69. The Labute approximate surface area is 119 Å². The zero-order chi connectivity index (χ0) is 14.7. The molecule has 0 aliphatic heterocycles. The minimum Gasteiger partial charge on any atom is -0.481 e. The summed E-state index contributed by atoms with van der Waals surface area (Å²) >= 11 is 0. The number of benzene rings is 1. The molecule has 20 heavy (non-hydrogen) atoms. The lowest BCUT2D eigenvalue weighted by molar-refractivity contribution is -0.143.